The van der Waals surface area contributed by atoms with E-state index in [4.69, 9.17) is 0 Å². The molecule has 1 N–H and O–H groups in total. The van der Waals surface area contributed by atoms with Crippen molar-refractivity contribution in [2.75, 3.05) is 0 Å². The highest BCUT2D eigenvalue weighted by molar-refractivity contribution is 9.10. The summed E-state index contributed by atoms with van der Waals surface area (Å²) in [5.74, 6) is 1.85. The Bertz CT molecular complexity index is 338. The van der Waals surface area contributed by atoms with E-state index in [1.54, 1.807) is 0 Å². The summed E-state index contributed by atoms with van der Waals surface area (Å²) in [6, 6.07) is 3.78. The highest BCUT2D eigenvalue weighted by atomic mass is 79.9. The fraction of sp³-hybridized carbons (Fsp3) is 0.455. The van der Waals surface area contributed by atoms with Gasteiger partial charge in [0, 0.05) is 10.0 Å². The molecule has 0 saturated heterocycles. The molecule has 1 aromatic rings. The topological polar surface area (TPSA) is 20.2 Å². The first-order valence-corrected chi connectivity index (χ1v) is 5.58. The van der Waals surface area contributed by atoms with Crippen molar-refractivity contribution in [3.63, 3.8) is 0 Å². The van der Waals surface area contributed by atoms with Crippen LogP contribution in [0.1, 0.15) is 42.2 Å². The molecule has 2 aliphatic rings. The highest BCUT2D eigenvalue weighted by Crippen LogP contribution is 2.57. The second kappa shape index (κ2) is 2.50. The predicted molar refractivity (Wildman–Crippen MR) is 55.1 cm³/mol. The fourth-order valence-electron chi connectivity index (χ4n) is 2.95. The number of benzene rings is 1. The summed E-state index contributed by atoms with van der Waals surface area (Å²) < 4.78 is 1.19. The zero-order chi connectivity index (χ0) is 9.00. The van der Waals surface area contributed by atoms with Gasteiger partial charge in [-0.2, -0.15) is 0 Å². The van der Waals surface area contributed by atoms with Crippen LogP contribution in [0.15, 0.2) is 16.6 Å². The van der Waals surface area contributed by atoms with E-state index in [-0.39, 0.29) is 0 Å². The molecule has 68 valence electrons. The zero-order valence-electron chi connectivity index (χ0n) is 7.26. The molecule has 0 aliphatic heterocycles. The minimum Gasteiger partial charge on any atom is -0.508 e. The lowest BCUT2D eigenvalue weighted by Gasteiger charge is -2.17. The van der Waals surface area contributed by atoms with E-state index in [2.05, 4.69) is 15.9 Å². The molecule has 2 heteroatoms. The molecule has 2 aliphatic carbocycles. The Morgan fingerprint density at radius 1 is 1.15 bits per heavy atom. The van der Waals surface area contributed by atoms with Gasteiger partial charge in [-0.1, -0.05) is 15.9 Å². The number of halogens is 1. The van der Waals surface area contributed by atoms with Gasteiger partial charge in [0.15, 0.2) is 0 Å². The lowest BCUT2D eigenvalue weighted by molar-refractivity contribution is 0.461. The molecule has 2 bridgehead atoms. The van der Waals surface area contributed by atoms with Crippen LogP contribution in [0.3, 0.4) is 0 Å². The summed E-state index contributed by atoms with van der Waals surface area (Å²) in [5.41, 5.74) is 2.61. The van der Waals surface area contributed by atoms with Crippen molar-refractivity contribution in [2.24, 2.45) is 0 Å². The van der Waals surface area contributed by atoms with Crippen LogP contribution in [-0.4, -0.2) is 5.11 Å². The highest BCUT2D eigenvalue weighted by Gasteiger charge is 2.39. The first-order valence-electron chi connectivity index (χ1n) is 4.78. The second-order valence-corrected chi connectivity index (χ2v) is 4.96. The zero-order valence-corrected chi connectivity index (χ0v) is 8.84. The van der Waals surface area contributed by atoms with Crippen molar-refractivity contribution >= 4 is 15.9 Å². The molecule has 1 nitrogen and oxygen atoms in total. The second-order valence-electron chi connectivity index (χ2n) is 4.10. The molecule has 0 spiro atoms. The summed E-state index contributed by atoms with van der Waals surface area (Å²) in [6.45, 7) is 0. The van der Waals surface area contributed by atoms with Gasteiger partial charge in [0.05, 0.1) is 0 Å². The van der Waals surface area contributed by atoms with E-state index in [1.165, 1.54) is 34.9 Å². The molecule has 0 aromatic heterocycles. The quantitative estimate of drug-likeness (QED) is 0.734. The van der Waals surface area contributed by atoms with E-state index in [9.17, 15) is 5.11 Å². The van der Waals surface area contributed by atoms with Gasteiger partial charge in [-0.3, -0.25) is 0 Å². The van der Waals surface area contributed by atoms with Gasteiger partial charge in [0.1, 0.15) is 5.75 Å². The van der Waals surface area contributed by atoms with Crippen molar-refractivity contribution in [3.8, 4) is 5.75 Å². The first kappa shape index (κ1) is 7.86. The molecule has 3 rings (SSSR count). The van der Waals surface area contributed by atoms with Crippen molar-refractivity contribution in [1.82, 2.24) is 0 Å². The molecular weight excluding hydrogens is 228 g/mol. The predicted octanol–water partition coefficient (Wildman–Crippen LogP) is 3.52. The van der Waals surface area contributed by atoms with Crippen LogP contribution in [0.4, 0.5) is 0 Å². The number of fused-ring (bicyclic) bond motifs is 5. The van der Waals surface area contributed by atoms with Crippen molar-refractivity contribution in [2.45, 2.75) is 31.1 Å². The molecule has 0 amide bonds. The number of phenolic OH excluding ortho intramolecular Hbond substituents is 1. The maximum absolute atomic E-state index is 9.76. The number of phenols is 1. The third kappa shape index (κ3) is 0.925. The summed E-state index contributed by atoms with van der Waals surface area (Å²) in [6.07, 6.45) is 3.83. The van der Waals surface area contributed by atoms with Crippen LogP contribution in [0.25, 0.3) is 0 Å². The first-order chi connectivity index (χ1) is 6.27. The summed E-state index contributed by atoms with van der Waals surface area (Å²) in [5, 5.41) is 9.76. The molecule has 13 heavy (non-hydrogen) atoms. The third-order valence-electron chi connectivity index (χ3n) is 3.46. The van der Waals surface area contributed by atoms with E-state index < -0.39 is 0 Å². The lowest BCUT2D eigenvalue weighted by Crippen LogP contribution is -1.98. The van der Waals surface area contributed by atoms with Gasteiger partial charge in [0.2, 0.25) is 0 Å². The van der Waals surface area contributed by atoms with Crippen LogP contribution in [0.2, 0.25) is 0 Å². The Kier molecular flexibility index (Phi) is 1.51. The Labute approximate surface area is 85.9 Å². The van der Waals surface area contributed by atoms with Gasteiger partial charge in [0.25, 0.3) is 0 Å². The lowest BCUT2D eigenvalue weighted by atomic mass is 9.91. The van der Waals surface area contributed by atoms with Crippen molar-refractivity contribution in [3.05, 3.63) is 27.7 Å². The largest absolute Gasteiger partial charge is 0.508 e. The minimum absolute atomic E-state index is 0.505. The Balaban J connectivity index is 2.30. The monoisotopic (exact) mass is 238 g/mol. The fourth-order valence-corrected chi connectivity index (χ4v) is 3.62. The average Bonchev–Trinajstić information content (AvgIpc) is 2.70. The van der Waals surface area contributed by atoms with Crippen LogP contribution in [-0.2, 0) is 0 Å². The molecule has 1 saturated carbocycles. The summed E-state index contributed by atoms with van der Waals surface area (Å²) in [4.78, 5) is 0. The van der Waals surface area contributed by atoms with Crippen molar-refractivity contribution < 1.29 is 5.11 Å². The molecule has 2 atom stereocenters. The summed E-state index contributed by atoms with van der Waals surface area (Å²) >= 11 is 3.57. The van der Waals surface area contributed by atoms with Gasteiger partial charge in [-0.05, 0) is 48.8 Å². The maximum Gasteiger partial charge on any atom is 0.119 e. The van der Waals surface area contributed by atoms with Crippen molar-refractivity contribution in [1.29, 1.82) is 0 Å². The smallest absolute Gasteiger partial charge is 0.119 e. The van der Waals surface area contributed by atoms with Gasteiger partial charge in [-0.15, -0.1) is 0 Å². The third-order valence-corrected chi connectivity index (χ3v) is 4.15. The van der Waals surface area contributed by atoms with E-state index in [1.807, 2.05) is 12.1 Å². The molecular formula is C11H11BrO. The van der Waals surface area contributed by atoms with Crippen LogP contribution >= 0.6 is 15.9 Å². The number of rotatable bonds is 0. The Morgan fingerprint density at radius 3 is 2.54 bits per heavy atom. The normalized spacial score (nSPS) is 29.3. The van der Waals surface area contributed by atoms with E-state index in [0.29, 0.717) is 17.6 Å². The van der Waals surface area contributed by atoms with Gasteiger partial charge >= 0.3 is 0 Å². The standard InChI is InChI=1S/C11H11BrO/c12-8-3-4-9(13)11-7-2-1-6(5-7)10(8)11/h3-4,6-7,13H,1-2,5H2. The molecule has 0 radical (unpaired) electrons. The van der Waals surface area contributed by atoms with E-state index in [0.717, 1.165) is 0 Å². The van der Waals surface area contributed by atoms with E-state index >= 15 is 0 Å². The molecule has 1 fully saturated rings. The van der Waals surface area contributed by atoms with Crippen LogP contribution in [0, 0.1) is 0 Å². The van der Waals surface area contributed by atoms with Gasteiger partial charge in [-0.25, -0.2) is 0 Å². The SMILES string of the molecule is Oc1ccc(Br)c2c1C1CCC2C1. The number of aromatic hydroxyl groups is 1. The summed E-state index contributed by atoms with van der Waals surface area (Å²) in [7, 11) is 0. The van der Waals surface area contributed by atoms with Gasteiger partial charge < -0.3 is 5.11 Å². The number of hydrogen-bond acceptors (Lipinski definition) is 1. The molecule has 2 unspecified atom stereocenters. The number of hydrogen-bond donors (Lipinski definition) is 1. The molecule has 1 aromatic carbocycles. The van der Waals surface area contributed by atoms with Crippen LogP contribution in [0.5, 0.6) is 5.75 Å². The Morgan fingerprint density at radius 2 is 1.85 bits per heavy atom. The average molecular weight is 239 g/mol. The van der Waals surface area contributed by atoms with Crippen LogP contribution < -0.4 is 0 Å². The molecule has 0 heterocycles. The Hall–Kier alpha value is -0.500. The minimum atomic E-state index is 0.505. The maximum atomic E-state index is 9.76.